The molecule has 0 aliphatic rings. The zero-order valence-electron chi connectivity index (χ0n) is 9.43. The van der Waals surface area contributed by atoms with E-state index in [-0.39, 0.29) is 16.3 Å². The summed E-state index contributed by atoms with van der Waals surface area (Å²) in [7, 11) is 0. The zero-order chi connectivity index (χ0) is 10.7. The standard InChI is InChI=1S/C10H20O2S/c1-9(2,3)12-8(11)7-13-10(4,5)6/h7H2,1-6H3. The van der Waals surface area contributed by atoms with E-state index in [9.17, 15) is 4.79 Å². The van der Waals surface area contributed by atoms with Gasteiger partial charge in [0.1, 0.15) is 5.60 Å². The number of hydrogen-bond donors (Lipinski definition) is 0. The molecule has 0 unspecified atom stereocenters. The minimum atomic E-state index is -0.366. The molecule has 0 fully saturated rings. The number of hydrogen-bond acceptors (Lipinski definition) is 3. The van der Waals surface area contributed by atoms with Crippen molar-refractivity contribution in [2.75, 3.05) is 5.75 Å². The molecule has 0 bridgehead atoms. The van der Waals surface area contributed by atoms with Crippen LogP contribution in [0.25, 0.3) is 0 Å². The van der Waals surface area contributed by atoms with E-state index in [0.29, 0.717) is 5.75 Å². The van der Waals surface area contributed by atoms with Crippen molar-refractivity contribution < 1.29 is 9.53 Å². The predicted molar refractivity (Wildman–Crippen MR) is 58.1 cm³/mol. The van der Waals surface area contributed by atoms with E-state index in [4.69, 9.17) is 4.74 Å². The molecule has 0 aromatic heterocycles. The lowest BCUT2D eigenvalue weighted by molar-refractivity contribution is -0.151. The van der Waals surface area contributed by atoms with Crippen molar-refractivity contribution in [3.8, 4) is 0 Å². The Morgan fingerprint density at radius 3 is 1.92 bits per heavy atom. The van der Waals surface area contributed by atoms with Crippen LogP contribution >= 0.6 is 11.8 Å². The summed E-state index contributed by atoms with van der Waals surface area (Å²) >= 11 is 1.61. The molecule has 0 aliphatic heterocycles. The third kappa shape index (κ3) is 9.74. The maximum Gasteiger partial charge on any atom is 0.316 e. The third-order valence-electron chi connectivity index (χ3n) is 1.04. The highest BCUT2D eigenvalue weighted by atomic mass is 32.2. The molecule has 0 spiro atoms. The summed E-state index contributed by atoms with van der Waals surface area (Å²) in [5.41, 5.74) is -0.366. The molecule has 0 aromatic carbocycles. The molecular weight excluding hydrogens is 184 g/mol. The molecule has 0 aromatic rings. The highest BCUT2D eigenvalue weighted by molar-refractivity contribution is 8.01. The molecule has 0 atom stereocenters. The van der Waals surface area contributed by atoms with Crippen LogP contribution < -0.4 is 0 Å². The molecular formula is C10H20O2S. The minimum absolute atomic E-state index is 0.122. The Balaban J connectivity index is 3.78. The van der Waals surface area contributed by atoms with Gasteiger partial charge in [-0.05, 0) is 20.8 Å². The van der Waals surface area contributed by atoms with Crippen molar-refractivity contribution in [2.45, 2.75) is 51.9 Å². The van der Waals surface area contributed by atoms with Crippen molar-refractivity contribution in [3.05, 3.63) is 0 Å². The lowest BCUT2D eigenvalue weighted by Crippen LogP contribution is -2.26. The highest BCUT2D eigenvalue weighted by Gasteiger charge is 2.19. The molecule has 0 heterocycles. The lowest BCUT2D eigenvalue weighted by atomic mass is 10.2. The molecule has 0 amide bonds. The number of carbonyl (C=O) groups excluding carboxylic acids is 1. The van der Waals surface area contributed by atoms with Crippen LogP contribution in [0.4, 0.5) is 0 Å². The Morgan fingerprint density at radius 2 is 1.62 bits per heavy atom. The van der Waals surface area contributed by atoms with Crippen molar-refractivity contribution in [1.82, 2.24) is 0 Å². The van der Waals surface area contributed by atoms with Crippen molar-refractivity contribution in [2.24, 2.45) is 0 Å². The van der Waals surface area contributed by atoms with Crippen LogP contribution in [0.1, 0.15) is 41.5 Å². The molecule has 0 radical (unpaired) electrons. The topological polar surface area (TPSA) is 26.3 Å². The first-order chi connectivity index (χ1) is 5.60. The van der Waals surface area contributed by atoms with Gasteiger partial charge in [0.2, 0.25) is 0 Å². The number of esters is 1. The van der Waals surface area contributed by atoms with Crippen LogP contribution in [0.5, 0.6) is 0 Å². The molecule has 13 heavy (non-hydrogen) atoms. The van der Waals surface area contributed by atoms with Gasteiger partial charge in [-0.2, -0.15) is 0 Å². The second kappa shape index (κ2) is 4.36. The second-order valence-electron chi connectivity index (χ2n) is 4.99. The quantitative estimate of drug-likeness (QED) is 0.647. The smallest absolute Gasteiger partial charge is 0.316 e. The normalized spacial score (nSPS) is 12.8. The van der Waals surface area contributed by atoms with Gasteiger partial charge in [-0.3, -0.25) is 4.79 Å². The predicted octanol–water partition coefficient (Wildman–Crippen LogP) is 2.86. The molecule has 0 rings (SSSR count). The van der Waals surface area contributed by atoms with Crippen LogP contribution in [-0.4, -0.2) is 22.1 Å². The fourth-order valence-corrected chi connectivity index (χ4v) is 1.26. The van der Waals surface area contributed by atoms with E-state index < -0.39 is 0 Å². The van der Waals surface area contributed by atoms with E-state index in [1.807, 2.05) is 20.8 Å². The molecule has 2 nitrogen and oxygen atoms in total. The van der Waals surface area contributed by atoms with Gasteiger partial charge in [0, 0.05) is 4.75 Å². The van der Waals surface area contributed by atoms with E-state index in [2.05, 4.69) is 20.8 Å². The van der Waals surface area contributed by atoms with Crippen LogP contribution in [-0.2, 0) is 9.53 Å². The molecule has 0 N–H and O–H groups in total. The van der Waals surface area contributed by atoms with Gasteiger partial charge >= 0.3 is 5.97 Å². The Kier molecular flexibility index (Phi) is 4.30. The highest BCUT2D eigenvalue weighted by Crippen LogP contribution is 2.23. The Labute approximate surface area is 85.4 Å². The Bertz CT molecular complexity index is 174. The number of ether oxygens (including phenoxy) is 1. The summed E-state index contributed by atoms with van der Waals surface area (Å²) in [5.74, 6) is 0.299. The fraction of sp³-hybridized carbons (Fsp3) is 0.900. The average Bonchev–Trinajstić information content (AvgIpc) is 1.78. The van der Waals surface area contributed by atoms with Crippen LogP contribution in [0, 0.1) is 0 Å². The molecule has 0 saturated carbocycles. The first-order valence-corrected chi connectivity index (χ1v) is 5.44. The van der Waals surface area contributed by atoms with Gasteiger partial charge < -0.3 is 4.74 Å². The zero-order valence-corrected chi connectivity index (χ0v) is 10.2. The fourth-order valence-electron chi connectivity index (χ4n) is 0.646. The lowest BCUT2D eigenvalue weighted by Gasteiger charge is -2.21. The van der Waals surface area contributed by atoms with Crippen LogP contribution in [0.15, 0.2) is 0 Å². The Hall–Kier alpha value is -0.180. The first kappa shape index (κ1) is 12.8. The van der Waals surface area contributed by atoms with E-state index in [1.165, 1.54) is 0 Å². The van der Waals surface area contributed by atoms with Gasteiger partial charge in [-0.1, -0.05) is 20.8 Å². The summed E-state index contributed by atoms with van der Waals surface area (Å²) in [5, 5.41) is 0. The van der Waals surface area contributed by atoms with E-state index >= 15 is 0 Å². The summed E-state index contributed by atoms with van der Waals surface area (Å²) in [6.07, 6.45) is 0. The largest absolute Gasteiger partial charge is 0.459 e. The maximum absolute atomic E-state index is 11.3. The van der Waals surface area contributed by atoms with Gasteiger partial charge in [0.15, 0.2) is 0 Å². The van der Waals surface area contributed by atoms with Gasteiger partial charge in [0.25, 0.3) is 0 Å². The number of carbonyl (C=O) groups is 1. The summed E-state index contributed by atoms with van der Waals surface area (Å²) in [4.78, 5) is 11.3. The van der Waals surface area contributed by atoms with Gasteiger partial charge in [-0.25, -0.2) is 0 Å². The molecule has 0 aliphatic carbocycles. The minimum Gasteiger partial charge on any atom is -0.459 e. The molecule has 3 heteroatoms. The van der Waals surface area contributed by atoms with E-state index in [1.54, 1.807) is 11.8 Å². The monoisotopic (exact) mass is 204 g/mol. The van der Waals surface area contributed by atoms with Crippen molar-refractivity contribution in [3.63, 3.8) is 0 Å². The Morgan fingerprint density at radius 1 is 1.15 bits per heavy atom. The van der Waals surface area contributed by atoms with Crippen molar-refractivity contribution in [1.29, 1.82) is 0 Å². The van der Waals surface area contributed by atoms with E-state index in [0.717, 1.165) is 0 Å². The SMILES string of the molecule is CC(C)(C)OC(=O)CSC(C)(C)C. The third-order valence-corrected chi connectivity index (χ3v) is 2.29. The number of thioether (sulfide) groups is 1. The maximum atomic E-state index is 11.3. The first-order valence-electron chi connectivity index (χ1n) is 4.46. The number of rotatable bonds is 2. The van der Waals surface area contributed by atoms with Crippen LogP contribution in [0.2, 0.25) is 0 Å². The summed E-state index contributed by atoms with van der Waals surface area (Å²) in [6, 6.07) is 0. The molecule has 0 saturated heterocycles. The van der Waals surface area contributed by atoms with Gasteiger partial charge in [-0.15, -0.1) is 11.8 Å². The summed E-state index contributed by atoms with van der Waals surface area (Å²) < 4.78 is 5.30. The molecule has 78 valence electrons. The summed E-state index contributed by atoms with van der Waals surface area (Å²) in [6.45, 7) is 11.9. The second-order valence-corrected chi connectivity index (χ2v) is 6.79. The van der Waals surface area contributed by atoms with Crippen LogP contribution in [0.3, 0.4) is 0 Å². The van der Waals surface area contributed by atoms with Gasteiger partial charge in [0.05, 0.1) is 5.75 Å². The average molecular weight is 204 g/mol. The van der Waals surface area contributed by atoms with Crippen molar-refractivity contribution >= 4 is 17.7 Å².